The predicted molar refractivity (Wildman–Crippen MR) is 107 cm³/mol. The Hall–Kier alpha value is -3.18. The molecule has 0 saturated carbocycles. The van der Waals surface area contributed by atoms with Crippen LogP contribution in [-0.2, 0) is 20.0 Å². The van der Waals surface area contributed by atoms with E-state index in [9.17, 15) is 25.6 Å². The van der Waals surface area contributed by atoms with Crippen LogP contribution in [0.1, 0.15) is 0 Å². The summed E-state index contributed by atoms with van der Waals surface area (Å²) >= 11 is 0. The lowest BCUT2D eigenvalue weighted by Crippen LogP contribution is -2.15. The summed E-state index contributed by atoms with van der Waals surface area (Å²) in [6.45, 7) is 0. The van der Waals surface area contributed by atoms with Crippen molar-refractivity contribution in [1.82, 2.24) is 0 Å². The molecule has 158 valence electrons. The first-order chi connectivity index (χ1) is 14.1. The van der Waals surface area contributed by atoms with Crippen molar-refractivity contribution >= 4 is 31.4 Å². The van der Waals surface area contributed by atoms with Gasteiger partial charge in [0, 0.05) is 0 Å². The van der Waals surface area contributed by atoms with Crippen molar-refractivity contribution in [2.75, 3.05) is 16.6 Å². The molecule has 0 spiro atoms. The van der Waals surface area contributed by atoms with Crippen LogP contribution in [-0.4, -0.2) is 23.9 Å². The minimum atomic E-state index is -4.10. The maximum Gasteiger partial charge on any atom is 0.262 e. The molecule has 3 rings (SSSR count). The monoisotopic (exact) mass is 454 g/mol. The zero-order valence-corrected chi connectivity index (χ0v) is 17.1. The van der Waals surface area contributed by atoms with Crippen molar-refractivity contribution in [1.29, 1.82) is 0 Å². The number of anilines is 2. The molecule has 0 atom stereocenters. The fraction of sp³-hybridized carbons (Fsp3) is 0.0526. The number of sulfonamides is 2. The van der Waals surface area contributed by atoms with Crippen LogP contribution < -0.4 is 14.2 Å². The first-order valence-electron chi connectivity index (χ1n) is 8.35. The normalized spacial score (nSPS) is 11.7. The fourth-order valence-corrected chi connectivity index (χ4v) is 4.61. The van der Waals surface area contributed by atoms with E-state index in [0.29, 0.717) is 0 Å². The van der Waals surface area contributed by atoms with E-state index in [0.717, 1.165) is 48.5 Å². The number of ether oxygens (including phenoxy) is 1. The van der Waals surface area contributed by atoms with Gasteiger partial charge in [0.05, 0.1) is 28.3 Å². The van der Waals surface area contributed by atoms with Crippen LogP contribution in [0.5, 0.6) is 5.75 Å². The van der Waals surface area contributed by atoms with Crippen LogP contribution in [0.4, 0.5) is 20.2 Å². The van der Waals surface area contributed by atoms with Gasteiger partial charge < -0.3 is 4.74 Å². The first-order valence-corrected chi connectivity index (χ1v) is 11.3. The quantitative estimate of drug-likeness (QED) is 0.568. The topological polar surface area (TPSA) is 102 Å². The van der Waals surface area contributed by atoms with Gasteiger partial charge in [0.25, 0.3) is 20.0 Å². The van der Waals surface area contributed by atoms with Gasteiger partial charge >= 0.3 is 0 Å². The van der Waals surface area contributed by atoms with E-state index in [1.54, 1.807) is 0 Å². The molecule has 11 heteroatoms. The van der Waals surface area contributed by atoms with Gasteiger partial charge in [0.2, 0.25) is 0 Å². The highest BCUT2D eigenvalue weighted by molar-refractivity contribution is 7.93. The molecular weight excluding hydrogens is 438 g/mol. The maximum absolute atomic E-state index is 13.1. The van der Waals surface area contributed by atoms with Gasteiger partial charge in [-0.05, 0) is 66.7 Å². The molecular formula is C19H16F2N2O5S2. The summed E-state index contributed by atoms with van der Waals surface area (Å²) in [5, 5.41) is 0. The molecule has 0 heterocycles. The van der Waals surface area contributed by atoms with Gasteiger partial charge in [-0.15, -0.1) is 0 Å². The van der Waals surface area contributed by atoms with Gasteiger partial charge in [-0.1, -0.05) is 0 Å². The van der Waals surface area contributed by atoms with E-state index >= 15 is 0 Å². The second-order valence-corrected chi connectivity index (χ2v) is 9.40. The summed E-state index contributed by atoms with van der Waals surface area (Å²) in [5.41, 5.74) is -0.00179. The van der Waals surface area contributed by atoms with Gasteiger partial charge in [0.1, 0.15) is 17.4 Å². The standard InChI is InChI=1S/C19H16F2N2O5S2/c1-28-19-11-6-15(22-29(24,25)16-7-2-13(20)3-8-16)12-18(19)23-30(26,27)17-9-4-14(21)5-10-17/h2-12,22-23H,1H3. The van der Waals surface area contributed by atoms with Crippen molar-refractivity contribution < 1.29 is 30.4 Å². The maximum atomic E-state index is 13.1. The van der Waals surface area contributed by atoms with Gasteiger partial charge in [-0.25, -0.2) is 25.6 Å². The molecule has 2 N–H and O–H groups in total. The summed E-state index contributed by atoms with van der Waals surface area (Å²) in [6.07, 6.45) is 0. The Kier molecular flexibility index (Phi) is 5.94. The number of rotatable bonds is 7. The average Bonchev–Trinajstić information content (AvgIpc) is 2.68. The molecule has 0 bridgehead atoms. The first kappa shape index (κ1) is 21.5. The lowest BCUT2D eigenvalue weighted by Gasteiger charge is -2.14. The zero-order chi connectivity index (χ0) is 21.9. The van der Waals surface area contributed by atoms with E-state index in [4.69, 9.17) is 4.74 Å². The molecule has 7 nitrogen and oxygen atoms in total. The third-order valence-electron chi connectivity index (χ3n) is 3.94. The van der Waals surface area contributed by atoms with Crippen LogP contribution in [0.3, 0.4) is 0 Å². The number of benzene rings is 3. The van der Waals surface area contributed by atoms with Crippen LogP contribution in [0.2, 0.25) is 0 Å². The third-order valence-corrected chi connectivity index (χ3v) is 6.72. The molecule has 3 aromatic carbocycles. The van der Waals surface area contributed by atoms with Crippen LogP contribution in [0.25, 0.3) is 0 Å². The molecule has 0 aliphatic carbocycles. The minimum absolute atomic E-state index is 0.0388. The van der Waals surface area contributed by atoms with E-state index < -0.39 is 31.7 Å². The Morgan fingerprint density at radius 3 is 1.63 bits per heavy atom. The summed E-state index contributed by atoms with van der Waals surface area (Å²) in [4.78, 5) is -0.364. The summed E-state index contributed by atoms with van der Waals surface area (Å²) in [7, 11) is -6.83. The Balaban J connectivity index is 1.92. The molecule has 0 saturated heterocycles. The second-order valence-electron chi connectivity index (χ2n) is 6.03. The van der Waals surface area contributed by atoms with Crippen molar-refractivity contribution in [3.63, 3.8) is 0 Å². The Bertz CT molecular complexity index is 1260. The SMILES string of the molecule is COc1ccc(NS(=O)(=O)c2ccc(F)cc2)cc1NS(=O)(=O)c1ccc(F)cc1. The molecule has 3 aromatic rings. The smallest absolute Gasteiger partial charge is 0.262 e. The van der Waals surface area contributed by atoms with Crippen molar-refractivity contribution in [2.45, 2.75) is 9.79 Å². The number of methoxy groups -OCH3 is 1. The van der Waals surface area contributed by atoms with E-state index in [2.05, 4.69) is 9.44 Å². The molecule has 0 aliphatic rings. The molecule has 0 unspecified atom stereocenters. The van der Waals surface area contributed by atoms with Crippen molar-refractivity contribution in [2.24, 2.45) is 0 Å². The van der Waals surface area contributed by atoms with Crippen molar-refractivity contribution in [3.8, 4) is 5.75 Å². The number of nitrogens with one attached hydrogen (secondary N) is 2. The molecule has 0 radical (unpaired) electrons. The molecule has 0 aliphatic heterocycles. The predicted octanol–water partition coefficient (Wildman–Crippen LogP) is 3.58. The van der Waals surface area contributed by atoms with E-state index in [1.807, 2.05) is 0 Å². The number of halogens is 2. The fourth-order valence-electron chi connectivity index (χ4n) is 2.50. The molecule has 30 heavy (non-hydrogen) atoms. The third kappa shape index (κ3) is 4.86. The summed E-state index contributed by atoms with van der Waals surface area (Å²) in [5.74, 6) is -1.05. The number of hydrogen-bond donors (Lipinski definition) is 2. The molecule has 0 fully saturated rings. The van der Waals surface area contributed by atoms with Crippen LogP contribution >= 0.6 is 0 Å². The highest BCUT2D eigenvalue weighted by atomic mass is 32.2. The van der Waals surface area contributed by atoms with Crippen molar-refractivity contribution in [3.05, 3.63) is 78.4 Å². The van der Waals surface area contributed by atoms with Crippen LogP contribution in [0.15, 0.2) is 76.5 Å². The van der Waals surface area contributed by atoms with Gasteiger partial charge in [-0.3, -0.25) is 9.44 Å². The Labute approximate surface area is 172 Å². The largest absolute Gasteiger partial charge is 0.495 e. The van der Waals surface area contributed by atoms with Crippen LogP contribution in [0, 0.1) is 11.6 Å². The minimum Gasteiger partial charge on any atom is -0.495 e. The number of hydrogen-bond acceptors (Lipinski definition) is 5. The van der Waals surface area contributed by atoms with E-state index in [1.165, 1.54) is 25.3 Å². The lowest BCUT2D eigenvalue weighted by molar-refractivity contribution is 0.417. The second kappa shape index (κ2) is 8.28. The summed E-state index contributed by atoms with van der Waals surface area (Å²) in [6, 6.07) is 12.3. The highest BCUT2D eigenvalue weighted by Gasteiger charge is 2.19. The lowest BCUT2D eigenvalue weighted by atomic mass is 10.2. The highest BCUT2D eigenvalue weighted by Crippen LogP contribution is 2.31. The average molecular weight is 454 g/mol. The van der Waals surface area contributed by atoms with Gasteiger partial charge in [-0.2, -0.15) is 0 Å². The van der Waals surface area contributed by atoms with E-state index in [-0.39, 0.29) is 26.9 Å². The zero-order valence-electron chi connectivity index (χ0n) is 15.5. The molecule has 0 amide bonds. The molecule has 0 aromatic heterocycles. The Morgan fingerprint density at radius 2 is 1.17 bits per heavy atom. The summed E-state index contributed by atoms with van der Waals surface area (Å²) < 4.78 is 85.9. The Morgan fingerprint density at radius 1 is 0.700 bits per heavy atom. The van der Waals surface area contributed by atoms with Gasteiger partial charge in [0.15, 0.2) is 0 Å².